The molecule has 1 aromatic heterocycles. The number of amides is 1. The number of benzene rings is 2. The minimum Gasteiger partial charge on any atom is -0.507 e. The van der Waals surface area contributed by atoms with E-state index in [2.05, 4.69) is 4.98 Å². The summed E-state index contributed by atoms with van der Waals surface area (Å²) in [5, 5.41) is 11.2. The van der Waals surface area contributed by atoms with E-state index in [0.717, 1.165) is 23.2 Å². The monoisotopic (exact) mass is 485 g/mol. The Morgan fingerprint density at radius 2 is 1.72 bits per heavy atom. The maximum atomic E-state index is 13.1. The first kappa shape index (κ1) is 25.1. The number of rotatable bonds is 9. The summed E-state index contributed by atoms with van der Waals surface area (Å²) in [6.07, 6.45) is 3.94. The molecule has 1 aliphatic rings. The normalized spacial score (nSPS) is 17.1. The summed E-state index contributed by atoms with van der Waals surface area (Å²) in [5.41, 5.74) is 3.51. The van der Waals surface area contributed by atoms with Gasteiger partial charge >= 0.3 is 0 Å². The first-order chi connectivity index (χ1) is 17.4. The summed E-state index contributed by atoms with van der Waals surface area (Å²) in [7, 11) is 3.92. The number of pyridine rings is 1. The zero-order valence-electron chi connectivity index (χ0n) is 20.8. The summed E-state index contributed by atoms with van der Waals surface area (Å²) in [6, 6.07) is 17.8. The third-order valence-corrected chi connectivity index (χ3v) is 6.35. The van der Waals surface area contributed by atoms with Crippen LogP contribution in [-0.2, 0) is 16.2 Å². The second-order valence-corrected chi connectivity index (χ2v) is 9.17. The van der Waals surface area contributed by atoms with Crippen LogP contribution in [0, 0.1) is 6.92 Å². The van der Waals surface area contributed by atoms with Crippen molar-refractivity contribution in [2.45, 2.75) is 26.0 Å². The zero-order valence-corrected chi connectivity index (χ0v) is 20.8. The summed E-state index contributed by atoms with van der Waals surface area (Å²) in [5.74, 6) is -0.838. The molecular formula is C29H31N3O4. The molecule has 1 fully saturated rings. The van der Waals surface area contributed by atoms with E-state index in [1.807, 2.05) is 50.2 Å². The number of carbonyl (C=O) groups is 2. The van der Waals surface area contributed by atoms with Crippen molar-refractivity contribution in [3.05, 3.63) is 101 Å². The molecule has 0 saturated carbocycles. The van der Waals surface area contributed by atoms with Crippen LogP contribution in [0.4, 0.5) is 0 Å². The van der Waals surface area contributed by atoms with Gasteiger partial charge in [0.15, 0.2) is 0 Å². The number of ketones is 1. The highest BCUT2D eigenvalue weighted by Crippen LogP contribution is 2.39. The van der Waals surface area contributed by atoms with E-state index < -0.39 is 17.7 Å². The molecule has 0 spiro atoms. The van der Waals surface area contributed by atoms with Gasteiger partial charge in [-0.1, -0.05) is 24.3 Å². The maximum absolute atomic E-state index is 13.1. The molecule has 1 atom stereocenters. The lowest BCUT2D eigenvalue weighted by Crippen LogP contribution is -2.32. The molecule has 1 aliphatic heterocycles. The van der Waals surface area contributed by atoms with E-state index in [4.69, 9.17) is 4.74 Å². The van der Waals surface area contributed by atoms with E-state index in [1.54, 1.807) is 53.7 Å². The number of aromatic nitrogens is 1. The van der Waals surface area contributed by atoms with Crippen molar-refractivity contribution in [1.82, 2.24) is 14.8 Å². The number of likely N-dealkylation sites (tertiary alicyclic amines) is 1. The largest absolute Gasteiger partial charge is 0.507 e. The molecule has 36 heavy (non-hydrogen) atoms. The van der Waals surface area contributed by atoms with Crippen molar-refractivity contribution >= 4 is 17.4 Å². The fraction of sp³-hybridized carbons (Fsp3) is 0.276. The van der Waals surface area contributed by atoms with Gasteiger partial charge in [-0.05, 0) is 87.1 Å². The van der Waals surface area contributed by atoms with Gasteiger partial charge in [0.05, 0.1) is 11.6 Å². The molecule has 0 radical (unpaired) electrons. The van der Waals surface area contributed by atoms with Crippen LogP contribution >= 0.6 is 0 Å². The van der Waals surface area contributed by atoms with E-state index >= 15 is 0 Å². The Balaban J connectivity index is 1.61. The number of hydrogen-bond acceptors (Lipinski definition) is 6. The number of carbonyl (C=O) groups excluding carboxylic acids is 2. The molecule has 1 N–H and O–H groups in total. The quantitative estimate of drug-likeness (QED) is 0.276. The van der Waals surface area contributed by atoms with Gasteiger partial charge in [-0.15, -0.1) is 0 Å². The fourth-order valence-electron chi connectivity index (χ4n) is 4.36. The van der Waals surface area contributed by atoms with Crippen LogP contribution in [0.15, 0.2) is 78.6 Å². The molecule has 0 unspecified atom stereocenters. The van der Waals surface area contributed by atoms with Crippen molar-refractivity contribution < 1.29 is 19.4 Å². The highest BCUT2D eigenvalue weighted by Gasteiger charge is 2.45. The predicted octanol–water partition coefficient (Wildman–Crippen LogP) is 4.34. The average molecular weight is 486 g/mol. The van der Waals surface area contributed by atoms with Crippen molar-refractivity contribution in [3.8, 4) is 5.75 Å². The van der Waals surface area contributed by atoms with Gasteiger partial charge < -0.3 is 19.6 Å². The molecule has 0 aliphatic carbocycles. The molecule has 4 rings (SSSR count). The molecule has 7 nitrogen and oxygen atoms in total. The molecule has 186 valence electrons. The number of ether oxygens (including phenoxy) is 1. The summed E-state index contributed by atoms with van der Waals surface area (Å²) < 4.78 is 5.90. The number of aliphatic hydroxyl groups is 1. The molecule has 3 aromatic rings. The number of hydrogen-bond donors (Lipinski definition) is 1. The van der Waals surface area contributed by atoms with Crippen LogP contribution in [0.5, 0.6) is 5.75 Å². The predicted molar refractivity (Wildman–Crippen MR) is 138 cm³/mol. The minimum absolute atomic E-state index is 0.0876. The van der Waals surface area contributed by atoms with Gasteiger partial charge in [-0.2, -0.15) is 0 Å². The molecule has 2 heterocycles. The first-order valence-electron chi connectivity index (χ1n) is 12.0. The zero-order chi connectivity index (χ0) is 25.7. The van der Waals surface area contributed by atoms with Crippen molar-refractivity contribution in [3.63, 3.8) is 0 Å². The summed E-state index contributed by atoms with van der Waals surface area (Å²) >= 11 is 0. The molecule has 7 heteroatoms. The van der Waals surface area contributed by atoms with Crippen molar-refractivity contribution in [2.24, 2.45) is 0 Å². The molecule has 1 saturated heterocycles. The number of aryl methyl sites for hydroxylation is 1. The molecule has 0 bridgehead atoms. The number of Topliss-reactive ketones (excluding diaryl/α,β-unsaturated/α-hetero) is 1. The Labute approximate surface area is 211 Å². The van der Waals surface area contributed by atoms with Crippen LogP contribution in [0.3, 0.4) is 0 Å². The SMILES string of the molecule is Cc1ccccc1COc1ccc(C(O)=C2C(=O)C(=O)N(CCCN(C)C)[C@H]2c2ccncc2)cc1. The number of aliphatic hydroxyl groups excluding tert-OH is 1. The van der Waals surface area contributed by atoms with Crippen LogP contribution in [0.1, 0.15) is 34.7 Å². The maximum Gasteiger partial charge on any atom is 0.295 e. The standard InChI is InChI=1S/C29H31N3O4/c1-20-7-4-5-8-23(20)19-36-24-11-9-22(10-12-24)27(33)25-26(21-13-15-30-16-14-21)32(29(35)28(25)34)18-6-17-31(2)3/h4-5,7-16,26,33H,6,17-19H2,1-3H3/t26-/m0/s1. The first-order valence-corrected chi connectivity index (χ1v) is 12.0. The Bertz CT molecular complexity index is 1250. The van der Waals surface area contributed by atoms with Gasteiger partial charge in [0.2, 0.25) is 0 Å². The summed E-state index contributed by atoms with van der Waals surface area (Å²) in [4.78, 5) is 33.7. The Kier molecular flexibility index (Phi) is 7.80. The third-order valence-electron chi connectivity index (χ3n) is 6.35. The van der Waals surface area contributed by atoms with E-state index in [9.17, 15) is 14.7 Å². The second-order valence-electron chi connectivity index (χ2n) is 9.17. The van der Waals surface area contributed by atoms with E-state index in [1.165, 1.54) is 0 Å². The Morgan fingerprint density at radius 1 is 1.03 bits per heavy atom. The van der Waals surface area contributed by atoms with Gasteiger partial charge in [0.25, 0.3) is 11.7 Å². The average Bonchev–Trinajstić information content (AvgIpc) is 3.13. The topological polar surface area (TPSA) is 83.0 Å². The molecular weight excluding hydrogens is 454 g/mol. The lowest BCUT2D eigenvalue weighted by molar-refractivity contribution is -0.139. The molecule has 2 aromatic carbocycles. The van der Waals surface area contributed by atoms with Gasteiger partial charge in [0, 0.05) is 24.5 Å². The third kappa shape index (κ3) is 5.47. The fourth-order valence-corrected chi connectivity index (χ4v) is 4.36. The van der Waals surface area contributed by atoms with Crippen LogP contribution in [0.2, 0.25) is 0 Å². The van der Waals surface area contributed by atoms with E-state index in [-0.39, 0.29) is 11.3 Å². The summed E-state index contributed by atoms with van der Waals surface area (Å²) in [6.45, 7) is 3.64. The van der Waals surface area contributed by atoms with Crippen LogP contribution in [0.25, 0.3) is 5.76 Å². The van der Waals surface area contributed by atoms with Crippen molar-refractivity contribution in [2.75, 3.05) is 27.2 Å². The lowest BCUT2D eigenvalue weighted by atomic mass is 9.96. The second kappa shape index (κ2) is 11.2. The smallest absolute Gasteiger partial charge is 0.295 e. The van der Waals surface area contributed by atoms with E-state index in [0.29, 0.717) is 30.9 Å². The van der Waals surface area contributed by atoms with Gasteiger partial charge in [-0.3, -0.25) is 14.6 Å². The highest BCUT2D eigenvalue weighted by atomic mass is 16.5. The lowest BCUT2D eigenvalue weighted by Gasteiger charge is -2.25. The van der Waals surface area contributed by atoms with Gasteiger partial charge in [-0.25, -0.2) is 0 Å². The highest BCUT2D eigenvalue weighted by molar-refractivity contribution is 6.46. The minimum atomic E-state index is -0.681. The molecule has 1 amide bonds. The van der Waals surface area contributed by atoms with Gasteiger partial charge in [0.1, 0.15) is 18.1 Å². The van der Waals surface area contributed by atoms with Crippen molar-refractivity contribution in [1.29, 1.82) is 0 Å². The van der Waals surface area contributed by atoms with Crippen LogP contribution in [-0.4, -0.2) is 58.8 Å². The Hall–Kier alpha value is -3.97. The Morgan fingerprint density at radius 3 is 2.39 bits per heavy atom. The van der Waals surface area contributed by atoms with Crippen LogP contribution < -0.4 is 4.74 Å². The number of nitrogens with zero attached hydrogens (tertiary/aromatic N) is 3.